The Morgan fingerprint density at radius 2 is 1.90 bits per heavy atom. The maximum atomic E-state index is 13.8. The zero-order chi connectivity index (χ0) is 29.5. The molecule has 0 saturated carbocycles. The fraction of sp³-hybridized carbons (Fsp3) is 0.222. The number of ether oxygens (including phenoxy) is 1. The molecule has 0 fully saturated rings. The van der Waals surface area contributed by atoms with Crippen LogP contribution < -0.4 is 15.8 Å². The number of fused-ring (bicyclic) bond motifs is 1. The number of hydrogen-bond donors (Lipinski definition) is 2. The number of amides is 2. The van der Waals surface area contributed by atoms with Crippen molar-refractivity contribution in [2.24, 2.45) is 5.73 Å². The van der Waals surface area contributed by atoms with Crippen LogP contribution in [0, 0.1) is 13.8 Å². The number of anilines is 1. The van der Waals surface area contributed by atoms with Crippen LogP contribution in [0.1, 0.15) is 44.0 Å². The molecule has 3 N–H and O–H groups in total. The number of carbonyl (C=O) groups is 2. The van der Waals surface area contributed by atoms with E-state index in [0.29, 0.717) is 34.9 Å². The van der Waals surface area contributed by atoms with Crippen LogP contribution in [-0.4, -0.2) is 36.4 Å². The van der Waals surface area contributed by atoms with Gasteiger partial charge in [0, 0.05) is 29.4 Å². The van der Waals surface area contributed by atoms with Gasteiger partial charge in [-0.05, 0) is 50.1 Å². The predicted octanol–water partition coefficient (Wildman–Crippen LogP) is 5.40. The first kappa shape index (κ1) is 27.8. The molecule has 0 spiro atoms. The van der Waals surface area contributed by atoms with Crippen LogP contribution in [0.2, 0.25) is 0 Å². The van der Waals surface area contributed by atoms with Gasteiger partial charge in [0.05, 0.1) is 11.9 Å². The quantitative estimate of drug-likeness (QED) is 0.252. The van der Waals surface area contributed by atoms with E-state index in [4.69, 9.17) is 10.5 Å². The standard InChI is InChI=1S/C27H24F3N7O3S/c1-4-37-15(3)17(12-32-37)16-11-20(27(28,29)30)33-26-21(16)22(23(41-26)24(31)38)34-25(39)18-9-10-36(35-18)13-40-19-8-6-5-7-14(19)2/h5-12H,4,13H2,1-3H3,(H2,31,38)(H,34,39). The molecule has 212 valence electrons. The number of benzene rings is 1. The fourth-order valence-electron chi connectivity index (χ4n) is 4.36. The maximum Gasteiger partial charge on any atom is 0.433 e. The first-order valence-electron chi connectivity index (χ1n) is 12.4. The van der Waals surface area contributed by atoms with Crippen LogP contribution in [-0.2, 0) is 19.5 Å². The molecule has 0 radical (unpaired) electrons. The van der Waals surface area contributed by atoms with Crippen LogP contribution >= 0.6 is 11.3 Å². The van der Waals surface area contributed by atoms with Gasteiger partial charge < -0.3 is 15.8 Å². The van der Waals surface area contributed by atoms with Crippen molar-refractivity contribution in [1.29, 1.82) is 0 Å². The normalized spacial score (nSPS) is 11.7. The Labute approximate surface area is 235 Å². The Morgan fingerprint density at radius 1 is 1.15 bits per heavy atom. The molecule has 0 aliphatic carbocycles. The first-order chi connectivity index (χ1) is 19.5. The number of nitrogens with zero attached hydrogens (tertiary/aromatic N) is 5. The molecule has 5 rings (SSSR count). The van der Waals surface area contributed by atoms with Gasteiger partial charge in [-0.1, -0.05) is 18.2 Å². The number of aromatic nitrogens is 5. The second-order valence-corrected chi connectivity index (χ2v) is 10.1. The SMILES string of the molecule is CCn1ncc(-c2cc(C(F)(F)F)nc3sc(C(N)=O)c(NC(=O)c4ccn(COc5ccccc5C)n4)c23)c1C. The summed E-state index contributed by atoms with van der Waals surface area (Å²) in [4.78, 5) is 29.2. The first-order valence-corrected chi connectivity index (χ1v) is 13.2. The summed E-state index contributed by atoms with van der Waals surface area (Å²) >= 11 is 0.666. The van der Waals surface area contributed by atoms with Crippen molar-refractivity contribution in [1.82, 2.24) is 24.5 Å². The van der Waals surface area contributed by atoms with Gasteiger partial charge in [-0.2, -0.15) is 23.4 Å². The van der Waals surface area contributed by atoms with Crippen LogP contribution in [0.4, 0.5) is 18.9 Å². The average Bonchev–Trinajstić information content (AvgIpc) is 3.64. The minimum Gasteiger partial charge on any atom is -0.471 e. The summed E-state index contributed by atoms with van der Waals surface area (Å²) in [6, 6.07) is 9.76. The molecule has 4 heterocycles. The molecular weight excluding hydrogens is 559 g/mol. The number of hydrogen-bond acceptors (Lipinski definition) is 7. The molecule has 0 atom stereocenters. The molecular formula is C27H24F3N7O3S. The van der Waals surface area contributed by atoms with Gasteiger partial charge in [0.15, 0.2) is 12.4 Å². The highest BCUT2D eigenvalue weighted by Crippen LogP contribution is 2.44. The van der Waals surface area contributed by atoms with E-state index in [9.17, 15) is 22.8 Å². The number of primary amides is 1. The minimum atomic E-state index is -4.76. The highest BCUT2D eigenvalue weighted by atomic mass is 32.1. The molecule has 2 amide bonds. The van der Waals surface area contributed by atoms with Gasteiger partial charge in [-0.15, -0.1) is 11.3 Å². The highest BCUT2D eigenvalue weighted by molar-refractivity contribution is 7.21. The third-order valence-electron chi connectivity index (χ3n) is 6.43. The van der Waals surface area contributed by atoms with Gasteiger partial charge >= 0.3 is 6.18 Å². The zero-order valence-electron chi connectivity index (χ0n) is 22.1. The van der Waals surface area contributed by atoms with Crippen LogP contribution in [0.25, 0.3) is 21.3 Å². The number of para-hydroxylation sites is 1. The highest BCUT2D eigenvalue weighted by Gasteiger charge is 2.35. The van der Waals surface area contributed by atoms with Crippen molar-refractivity contribution in [2.75, 3.05) is 5.32 Å². The number of thiophene rings is 1. The van der Waals surface area contributed by atoms with E-state index in [1.54, 1.807) is 23.9 Å². The lowest BCUT2D eigenvalue weighted by atomic mass is 10.0. The van der Waals surface area contributed by atoms with E-state index < -0.39 is 23.7 Å². The number of aryl methyl sites for hydroxylation is 2. The molecule has 0 aliphatic heterocycles. The smallest absolute Gasteiger partial charge is 0.433 e. The average molecular weight is 584 g/mol. The van der Waals surface area contributed by atoms with E-state index in [0.717, 1.165) is 11.6 Å². The van der Waals surface area contributed by atoms with Crippen molar-refractivity contribution < 1.29 is 27.5 Å². The maximum absolute atomic E-state index is 13.8. The molecule has 1 aromatic carbocycles. The lowest BCUT2D eigenvalue weighted by Crippen LogP contribution is -2.18. The third kappa shape index (κ3) is 5.37. The van der Waals surface area contributed by atoms with Crippen molar-refractivity contribution in [2.45, 2.75) is 40.2 Å². The molecule has 4 aromatic heterocycles. The van der Waals surface area contributed by atoms with E-state index in [-0.39, 0.29) is 38.8 Å². The molecule has 0 unspecified atom stereocenters. The molecule has 14 heteroatoms. The number of nitrogens with one attached hydrogen (secondary N) is 1. The second-order valence-electron chi connectivity index (χ2n) is 9.10. The lowest BCUT2D eigenvalue weighted by Gasteiger charge is -2.12. The van der Waals surface area contributed by atoms with Crippen LogP contribution in [0.15, 0.2) is 48.8 Å². The molecule has 41 heavy (non-hydrogen) atoms. The van der Waals surface area contributed by atoms with E-state index in [2.05, 4.69) is 20.5 Å². The van der Waals surface area contributed by atoms with E-state index in [1.807, 2.05) is 32.0 Å². The lowest BCUT2D eigenvalue weighted by molar-refractivity contribution is -0.140. The monoisotopic (exact) mass is 583 g/mol. The van der Waals surface area contributed by atoms with Crippen molar-refractivity contribution in [3.63, 3.8) is 0 Å². The summed E-state index contributed by atoms with van der Waals surface area (Å²) < 4.78 is 50.2. The summed E-state index contributed by atoms with van der Waals surface area (Å²) in [5, 5.41) is 11.3. The predicted molar refractivity (Wildman–Crippen MR) is 147 cm³/mol. The van der Waals surface area contributed by atoms with Crippen LogP contribution in [0.5, 0.6) is 5.75 Å². The second kappa shape index (κ2) is 10.7. The third-order valence-corrected chi connectivity index (χ3v) is 7.53. The minimum absolute atomic E-state index is 0.00967. The largest absolute Gasteiger partial charge is 0.471 e. The number of nitrogens with two attached hydrogens (primary N) is 1. The van der Waals surface area contributed by atoms with Crippen molar-refractivity contribution in [3.05, 3.63) is 76.3 Å². The molecule has 5 aromatic rings. The molecule has 0 saturated heterocycles. The molecule has 0 aliphatic rings. The van der Waals surface area contributed by atoms with Gasteiger partial charge in [-0.3, -0.25) is 14.3 Å². The summed E-state index contributed by atoms with van der Waals surface area (Å²) in [6.45, 7) is 5.98. The summed E-state index contributed by atoms with van der Waals surface area (Å²) in [6.07, 6.45) is -1.78. The number of carbonyl (C=O) groups excluding carboxylic acids is 2. The van der Waals surface area contributed by atoms with E-state index in [1.165, 1.54) is 16.9 Å². The summed E-state index contributed by atoms with van der Waals surface area (Å²) in [7, 11) is 0. The van der Waals surface area contributed by atoms with Crippen molar-refractivity contribution in [3.8, 4) is 16.9 Å². The topological polar surface area (TPSA) is 130 Å². The van der Waals surface area contributed by atoms with Gasteiger partial charge in [0.2, 0.25) is 0 Å². The Hall–Kier alpha value is -4.72. The van der Waals surface area contributed by atoms with Gasteiger partial charge in [-0.25, -0.2) is 9.67 Å². The number of rotatable bonds is 8. The number of pyridine rings is 1. The fourth-order valence-corrected chi connectivity index (χ4v) is 5.37. The molecule has 0 bridgehead atoms. The Kier molecular flexibility index (Phi) is 7.26. The molecule has 10 nitrogen and oxygen atoms in total. The summed E-state index contributed by atoms with van der Waals surface area (Å²) in [5.41, 5.74) is 6.42. The Morgan fingerprint density at radius 3 is 2.56 bits per heavy atom. The number of alkyl halides is 3. The Balaban J connectivity index is 1.55. The number of halogens is 3. The van der Waals surface area contributed by atoms with Crippen molar-refractivity contribution >= 4 is 39.1 Å². The Bertz CT molecular complexity index is 1790. The van der Waals surface area contributed by atoms with E-state index >= 15 is 0 Å². The van der Waals surface area contributed by atoms with Gasteiger partial charge in [0.1, 0.15) is 21.2 Å². The zero-order valence-corrected chi connectivity index (χ0v) is 22.9. The van der Waals surface area contributed by atoms with Gasteiger partial charge in [0.25, 0.3) is 11.8 Å². The van der Waals surface area contributed by atoms with Crippen LogP contribution in [0.3, 0.4) is 0 Å². The summed E-state index contributed by atoms with van der Waals surface area (Å²) in [5.74, 6) is -0.973.